The molecule has 0 saturated carbocycles. The van der Waals surface area contributed by atoms with Crippen LogP contribution >= 0.6 is 0 Å². The maximum atomic E-state index is 12.1. The van der Waals surface area contributed by atoms with Crippen LogP contribution in [0, 0.1) is 0 Å². The predicted molar refractivity (Wildman–Crippen MR) is 70.6 cm³/mol. The second-order valence-corrected chi connectivity index (χ2v) is 4.87. The lowest BCUT2D eigenvalue weighted by Gasteiger charge is -2.17. The number of hydrogen-bond acceptors (Lipinski definition) is 3. The summed E-state index contributed by atoms with van der Waals surface area (Å²) in [6.45, 7) is 2.72. The molecule has 0 aromatic heterocycles. The molecule has 0 aliphatic carbocycles. The van der Waals surface area contributed by atoms with Crippen LogP contribution in [0.2, 0.25) is 0 Å². The zero-order chi connectivity index (χ0) is 13.8. The molecule has 5 heteroatoms. The van der Waals surface area contributed by atoms with Gasteiger partial charge < -0.3 is 15.3 Å². The minimum Gasteiger partial charge on any atom is -0.508 e. The van der Waals surface area contributed by atoms with Crippen molar-refractivity contribution in [2.24, 2.45) is 0 Å². The van der Waals surface area contributed by atoms with Gasteiger partial charge in [-0.15, -0.1) is 0 Å². The van der Waals surface area contributed by atoms with Crippen molar-refractivity contribution in [3.63, 3.8) is 0 Å². The third-order valence-electron chi connectivity index (χ3n) is 3.21. The second-order valence-electron chi connectivity index (χ2n) is 4.87. The lowest BCUT2D eigenvalue weighted by molar-refractivity contribution is -0.129. The van der Waals surface area contributed by atoms with Crippen LogP contribution in [0.3, 0.4) is 0 Å². The molecule has 1 atom stereocenters. The van der Waals surface area contributed by atoms with Gasteiger partial charge in [-0.2, -0.15) is 0 Å². The molecule has 2 rings (SSSR count). The van der Waals surface area contributed by atoms with Crippen LogP contribution in [0.15, 0.2) is 24.3 Å². The number of carbonyl (C=O) groups excluding carboxylic acids is 2. The van der Waals surface area contributed by atoms with Gasteiger partial charge in [-0.1, -0.05) is 12.1 Å². The molecule has 5 nitrogen and oxygen atoms in total. The van der Waals surface area contributed by atoms with Crippen LogP contribution in [0.1, 0.15) is 18.9 Å². The normalized spacial score (nSPS) is 18.4. The van der Waals surface area contributed by atoms with Crippen molar-refractivity contribution in [3.8, 4) is 5.75 Å². The van der Waals surface area contributed by atoms with Gasteiger partial charge in [0, 0.05) is 26.1 Å². The highest BCUT2D eigenvalue weighted by Crippen LogP contribution is 2.15. The van der Waals surface area contributed by atoms with E-state index in [1.54, 1.807) is 23.1 Å². The largest absolute Gasteiger partial charge is 0.508 e. The second kappa shape index (κ2) is 5.73. The van der Waals surface area contributed by atoms with Crippen LogP contribution in [0.5, 0.6) is 5.75 Å². The van der Waals surface area contributed by atoms with Crippen LogP contribution in [0.25, 0.3) is 0 Å². The van der Waals surface area contributed by atoms with Crippen LogP contribution in [0.4, 0.5) is 0 Å². The van der Waals surface area contributed by atoms with E-state index in [4.69, 9.17) is 0 Å². The predicted octanol–water partition coefficient (Wildman–Crippen LogP) is 0.672. The molecule has 2 amide bonds. The van der Waals surface area contributed by atoms with E-state index in [-0.39, 0.29) is 30.0 Å². The van der Waals surface area contributed by atoms with Gasteiger partial charge in [0.25, 0.3) is 0 Å². The number of amides is 2. The lowest BCUT2D eigenvalue weighted by atomic mass is 10.1. The van der Waals surface area contributed by atoms with Crippen molar-refractivity contribution in [3.05, 3.63) is 29.8 Å². The molecule has 19 heavy (non-hydrogen) atoms. The summed E-state index contributed by atoms with van der Waals surface area (Å²) in [6, 6.07) is 6.78. The number of nitrogens with zero attached hydrogens (tertiary/aromatic N) is 1. The molecular weight excluding hydrogens is 244 g/mol. The minimum absolute atomic E-state index is 0.0263. The number of phenolic OH excluding ortho intramolecular Hbond substituents is 1. The van der Waals surface area contributed by atoms with Gasteiger partial charge in [-0.05, 0) is 24.1 Å². The van der Waals surface area contributed by atoms with Gasteiger partial charge in [0.1, 0.15) is 5.75 Å². The Labute approximate surface area is 112 Å². The number of phenols is 1. The molecular formula is C14H18N2O3. The molecule has 1 aromatic carbocycles. The van der Waals surface area contributed by atoms with E-state index in [1.807, 2.05) is 6.07 Å². The highest BCUT2D eigenvalue weighted by atomic mass is 16.3. The van der Waals surface area contributed by atoms with E-state index in [0.717, 1.165) is 12.0 Å². The number of hydrogen-bond donors (Lipinski definition) is 2. The summed E-state index contributed by atoms with van der Waals surface area (Å²) >= 11 is 0. The molecule has 0 spiro atoms. The fourth-order valence-electron chi connectivity index (χ4n) is 2.34. The maximum Gasteiger partial charge on any atom is 0.227 e. The summed E-state index contributed by atoms with van der Waals surface area (Å²) in [7, 11) is 0. The van der Waals surface area contributed by atoms with E-state index in [1.165, 1.54) is 6.92 Å². The monoisotopic (exact) mass is 262 g/mol. The van der Waals surface area contributed by atoms with Crippen molar-refractivity contribution in [2.45, 2.75) is 25.8 Å². The molecule has 1 aliphatic heterocycles. The van der Waals surface area contributed by atoms with E-state index in [9.17, 15) is 14.7 Å². The standard InChI is InChI=1S/C14H18N2O3/c1-10(17)15-12-5-6-16(9-12)14(19)8-11-3-2-4-13(18)7-11/h2-4,7,12,18H,5-6,8-9H2,1H3,(H,15,17). The first-order valence-corrected chi connectivity index (χ1v) is 6.37. The first-order chi connectivity index (χ1) is 9.04. The topological polar surface area (TPSA) is 69.6 Å². The van der Waals surface area contributed by atoms with Crippen LogP contribution < -0.4 is 5.32 Å². The smallest absolute Gasteiger partial charge is 0.227 e. The summed E-state index contributed by atoms with van der Waals surface area (Å²) in [5.74, 6) is 0.133. The Morgan fingerprint density at radius 3 is 2.95 bits per heavy atom. The van der Waals surface area contributed by atoms with Gasteiger partial charge >= 0.3 is 0 Å². The van der Waals surface area contributed by atoms with Gasteiger partial charge in [0.15, 0.2) is 0 Å². The Kier molecular flexibility index (Phi) is 4.04. The number of nitrogens with one attached hydrogen (secondary N) is 1. The first kappa shape index (κ1) is 13.4. The summed E-state index contributed by atoms with van der Waals surface area (Å²) < 4.78 is 0. The zero-order valence-electron chi connectivity index (χ0n) is 10.9. The number of likely N-dealkylation sites (tertiary alicyclic amines) is 1. The molecule has 0 radical (unpaired) electrons. The fourth-order valence-corrected chi connectivity index (χ4v) is 2.34. The number of carbonyl (C=O) groups is 2. The Balaban J connectivity index is 1.89. The third-order valence-corrected chi connectivity index (χ3v) is 3.21. The number of rotatable bonds is 3. The van der Waals surface area contributed by atoms with Gasteiger partial charge in [-0.3, -0.25) is 9.59 Å². The number of aromatic hydroxyl groups is 1. The fraction of sp³-hybridized carbons (Fsp3) is 0.429. The lowest BCUT2D eigenvalue weighted by Crippen LogP contribution is -2.37. The summed E-state index contributed by atoms with van der Waals surface area (Å²) in [5, 5.41) is 12.2. The third kappa shape index (κ3) is 3.71. The Hall–Kier alpha value is -2.04. The quantitative estimate of drug-likeness (QED) is 0.841. The van der Waals surface area contributed by atoms with Crippen molar-refractivity contribution >= 4 is 11.8 Å². The highest BCUT2D eigenvalue weighted by molar-refractivity contribution is 5.79. The van der Waals surface area contributed by atoms with E-state index < -0.39 is 0 Å². The van der Waals surface area contributed by atoms with Crippen molar-refractivity contribution in [2.75, 3.05) is 13.1 Å². The first-order valence-electron chi connectivity index (χ1n) is 6.37. The highest BCUT2D eigenvalue weighted by Gasteiger charge is 2.26. The molecule has 1 heterocycles. The molecule has 1 aromatic rings. The summed E-state index contributed by atoms with van der Waals surface area (Å²) in [5.41, 5.74) is 0.799. The molecule has 0 bridgehead atoms. The van der Waals surface area contributed by atoms with Gasteiger partial charge in [0.2, 0.25) is 11.8 Å². The van der Waals surface area contributed by atoms with Crippen LogP contribution in [-0.2, 0) is 16.0 Å². The molecule has 1 aliphatic rings. The average Bonchev–Trinajstić information content (AvgIpc) is 2.76. The average molecular weight is 262 g/mol. The van der Waals surface area contributed by atoms with Gasteiger partial charge in [-0.25, -0.2) is 0 Å². The number of benzene rings is 1. The van der Waals surface area contributed by atoms with E-state index in [0.29, 0.717) is 13.1 Å². The molecule has 102 valence electrons. The van der Waals surface area contributed by atoms with E-state index in [2.05, 4.69) is 5.32 Å². The SMILES string of the molecule is CC(=O)NC1CCN(C(=O)Cc2cccc(O)c2)C1. The summed E-state index contributed by atoms with van der Waals surface area (Å²) in [4.78, 5) is 24.8. The molecule has 1 unspecified atom stereocenters. The Bertz CT molecular complexity index is 487. The minimum atomic E-state index is -0.0627. The van der Waals surface area contributed by atoms with Crippen LogP contribution in [-0.4, -0.2) is 41.0 Å². The van der Waals surface area contributed by atoms with E-state index >= 15 is 0 Å². The maximum absolute atomic E-state index is 12.1. The van der Waals surface area contributed by atoms with Crippen molar-refractivity contribution < 1.29 is 14.7 Å². The van der Waals surface area contributed by atoms with Crippen molar-refractivity contribution in [1.29, 1.82) is 0 Å². The Morgan fingerprint density at radius 1 is 1.47 bits per heavy atom. The zero-order valence-corrected chi connectivity index (χ0v) is 10.9. The van der Waals surface area contributed by atoms with Gasteiger partial charge in [0.05, 0.1) is 6.42 Å². The van der Waals surface area contributed by atoms with Crippen molar-refractivity contribution in [1.82, 2.24) is 10.2 Å². The molecule has 1 fully saturated rings. The molecule has 2 N–H and O–H groups in total. The Morgan fingerprint density at radius 2 is 2.26 bits per heavy atom. The summed E-state index contributed by atoms with van der Waals surface area (Å²) in [6.07, 6.45) is 1.08. The molecule has 1 saturated heterocycles.